The number of ketones is 1. The Morgan fingerprint density at radius 2 is 1.84 bits per heavy atom. The Kier molecular flexibility index (Phi) is 4.33. The molecule has 0 bridgehead atoms. The van der Waals surface area contributed by atoms with Crippen LogP contribution in [0.3, 0.4) is 0 Å². The van der Waals surface area contributed by atoms with Crippen LogP contribution in [0.5, 0.6) is 0 Å². The van der Waals surface area contributed by atoms with Crippen molar-refractivity contribution >= 4 is 33.8 Å². The Morgan fingerprint density at radius 1 is 1.08 bits per heavy atom. The highest BCUT2D eigenvalue weighted by Crippen LogP contribution is 2.30. The number of halogens is 1. The number of thiazole rings is 1. The third kappa shape index (κ3) is 3.20. The predicted octanol–water partition coefficient (Wildman–Crippen LogP) is 4.57. The van der Waals surface area contributed by atoms with Crippen LogP contribution in [-0.2, 0) is 0 Å². The maximum atomic E-state index is 13.2. The van der Waals surface area contributed by atoms with E-state index in [0.29, 0.717) is 10.7 Å². The van der Waals surface area contributed by atoms with Gasteiger partial charge in [0.05, 0.1) is 11.4 Å². The molecule has 0 unspecified atom stereocenters. The van der Waals surface area contributed by atoms with Crippen LogP contribution in [0.2, 0.25) is 0 Å². The number of hydrogen-bond donors (Lipinski definition) is 0. The van der Waals surface area contributed by atoms with Crippen LogP contribution in [0.25, 0.3) is 16.2 Å². The third-order valence-electron chi connectivity index (χ3n) is 3.69. The second-order valence-electron chi connectivity index (χ2n) is 5.31. The number of thioether (sulfide) groups is 1. The second kappa shape index (κ2) is 6.78. The average molecular weight is 369 g/mol. The molecule has 2 heterocycles. The summed E-state index contributed by atoms with van der Waals surface area (Å²) in [7, 11) is 0. The standard InChI is InChI=1S/C18H12FN3OS2/c19-14-8-6-12(7-9-14)15-10-24-17-20-21-18(22(15)17)25-11-16(23)13-4-2-1-3-5-13/h1-10H,11H2. The Bertz CT molecular complexity index is 1030. The molecule has 7 heteroatoms. The van der Waals surface area contributed by atoms with Gasteiger partial charge in [0.25, 0.3) is 0 Å². The van der Waals surface area contributed by atoms with E-state index >= 15 is 0 Å². The molecule has 4 nitrogen and oxygen atoms in total. The molecule has 0 aliphatic rings. The number of rotatable bonds is 5. The average Bonchev–Trinajstić information content (AvgIpc) is 3.24. The van der Waals surface area contributed by atoms with E-state index in [9.17, 15) is 9.18 Å². The van der Waals surface area contributed by atoms with Gasteiger partial charge in [0, 0.05) is 10.9 Å². The van der Waals surface area contributed by atoms with Crippen LogP contribution in [0, 0.1) is 5.82 Å². The van der Waals surface area contributed by atoms with Gasteiger partial charge in [-0.3, -0.25) is 9.20 Å². The first-order valence-electron chi connectivity index (χ1n) is 7.52. The Balaban J connectivity index is 1.61. The SMILES string of the molecule is O=C(CSc1nnc2scc(-c3ccc(F)cc3)n12)c1ccccc1. The molecule has 2 aromatic heterocycles. The lowest BCUT2D eigenvalue weighted by Gasteiger charge is -2.03. The molecule has 4 rings (SSSR count). The number of carbonyl (C=O) groups is 1. The zero-order chi connectivity index (χ0) is 17.2. The molecule has 0 amide bonds. The molecule has 0 spiro atoms. The molecule has 25 heavy (non-hydrogen) atoms. The lowest BCUT2D eigenvalue weighted by Crippen LogP contribution is -2.02. The van der Waals surface area contributed by atoms with Crippen molar-refractivity contribution in [1.82, 2.24) is 14.6 Å². The molecule has 0 saturated heterocycles. The monoisotopic (exact) mass is 369 g/mol. The Labute approximate surface area is 151 Å². The Hall–Kier alpha value is -2.51. The van der Waals surface area contributed by atoms with Gasteiger partial charge in [0.2, 0.25) is 4.96 Å². The van der Waals surface area contributed by atoms with Crippen LogP contribution >= 0.6 is 23.1 Å². The second-order valence-corrected chi connectivity index (χ2v) is 7.09. The summed E-state index contributed by atoms with van der Waals surface area (Å²) < 4.78 is 15.1. The fraction of sp³-hybridized carbons (Fsp3) is 0.0556. The molecule has 0 aliphatic carbocycles. The molecule has 124 valence electrons. The lowest BCUT2D eigenvalue weighted by atomic mass is 10.2. The van der Waals surface area contributed by atoms with E-state index in [1.165, 1.54) is 35.2 Å². The van der Waals surface area contributed by atoms with Gasteiger partial charge < -0.3 is 0 Å². The fourth-order valence-corrected chi connectivity index (χ4v) is 4.18. The summed E-state index contributed by atoms with van der Waals surface area (Å²) in [5, 5.41) is 11.0. The van der Waals surface area contributed by atoms with E-state index < -0.39 is 0 Å². The first kappa shape index (κ1) is 16.0. The van der Waals surface area contributed by atoms with E-state index in [2.05, 4.69) is 10.2 Å². The third-order valence-corrected chi connectivity index (χ3v) is 5.43. The molecular weight excluding hydrogens is 357 g/mol. The smallest absolute Gasteiger partial charge is 0.217 e. The molecule has 0 fully saturated rings. The summed E-state index contributed by atoms with van der Waals surface area (Å²) in [6, 6.07) is 15.5. The summed E-state index contributed by atoms with van der Waals surface area (Å²) in [6.07, 6.45) is 0. The zero-order valence-electron chi connectivity index (χ0n) is 12.9. The van der Waals surface area contributed by atoms with Gasteiger partial charge >= 0.3 is 0 Å². The molecule has 0 N–H and O–H groups in total. The number of nitrogens with zero attached hydrogens (tertiary/aromatic N) is 3. The van der Waals surface area contributed by atoms with Gasteiger partial charge in [-0.15, -0.1) is 21.5 Å². The van der Waals surface area contributed by atoms with Crippen molar-refractivity contribution in [3.05, 3.63) is 71.4 Å². The highest BCUT2D eigenvalue weighted by atomic mass is 32.2. The van der Waals surface area contributed by atoms with E-state index in [0.717, 1.165) is 16.2 Å². The van der Waals surface area contributed by atoms with Crippen molar-refractivity contribution in [2.45, 2.75) is 5.16 Å². The van der Waals surface area contributed by atoms with Gasteiger partial charge in [0.15, 0.2) is 10.9 Å². The molecule has 0 radical (unpaired) electrons. The van der Waals surface area contributed by atoms with Crippen LogP contribution in [-0.4, -0.2) is 26.1 Å². The van der Waals surface area contributed by atoms with E-state index in [-0.39, 0.29) is 17.4 Å². The summed E-state index contributed by atoms with van der Waals surface area (Å²) in [6.45, 7) is 0. The van der Waals surface area contributed by atoms with Crippen LogP contribution in [0.1, 0.15) is 10.4 Å². The lowest BCUT2D eigenvalue weighted by molar-refractivity contribution is 0.102. The number of benzene rings is 2. The van der Waals surface area contributed by atoms with Gasteiger partial charge in [-0.05, 0) is 29.8 Å². The molecule has 0 saturated carbocycles. The molecule has 4 aromatic rings. The minimum absolute atomic E-state index is 0.0425. The van der Waals surface area contributed by atoms with Gasteiger partial charge in [-0.1, -0.05) is 42.1 Å². The molecule has 2 aromatic carbocycles. The van der Waals surface area contributed by atoms with Crippen LogP contribution in [0.4, 0.5) is 4.39 Å². The largest absolute Gasteiger partial charge is 0.293 e. The van der Waals surface area contributed by atoms with E-state index in [1.807, 2.05) is 28.0 Å². The number of fused-ring (bicyclic) bond motifs is 1. The minimum Gasteiger partial charge on any atom is -0.293 e. The van der Waals surface area contributed by atoms with Crippen LogP contribution < -0.4 is 0 Å². The summed E-state index contributed by atoms with van der Waals surface area (Å²) >= 11 is 2.81. The topological polar surface area (TPSA) is 47.3 Å². The number of Topliss-reactive ketones (excluding diaryl/α,β-unsaturated/α-hetero) is 1. The van der Waals surface area contributed by atoms with Crippen molar-refractivity contribution in [2.24, 2.45) is 0 Å². The quantitative estimate of drug-likeness (QED) is 0.382. The Morgan fingerprint density at radius 3 is 2.60 bits per heavy atom. The van der Waals surface area contributed by atoms with Crippen molar-refractivity contribution in [1.29, 1.82) is 0 Å². The van der Waals surface area contributed by atoms with Gasteiger partial charge in [-0.2, -0.15) is 0 Å². The molecular formula is C18H12FN3OS2. The first-order chi connectivity index (χ1) is 12.2. The maximum Gasteiger partial charge on any atom is 0.217 e. The fourth-order valence-electron chi connectivity index (χ4n) is 2.45. The molecule has 0 aliphatic heterocycles. The summed E-state index contributed by atoms with van der Waals surface area (Å²) in [5.41, 5.74) is 2.45. The zero-order valence-corrected chi connectivity index (χ0v) is 14.6. The van der Waals surface area contributed by atoms with Crippen molar-refractivity contribution in [3.63, 3.8) is 0 Å². The number of aromatic nitrogens is 3. The van der Waals surface area contributed by atoms with E-state index in [1.54, 1.807) is 24.3 Å². The molecule has 0 atom stereocenters. The van der Waals surface area contributed by atoms with Gasteiger partial charge in [-0.25, -0.2) is 4.39 Å². The van der Waals surface area contributed by atoms with Crippen molar-refractivity contribution in [3.8, 4) is 11.3 Å². The summed E-state index contributed by atoms with van der Waals surface area (Å²) in [5.74, 6) is 0.0479. The van der Waals surface area contributed by atoms with Crippen molar-refractivity contribution < 1.29 is 9.18 Å². The highest BCUT2D eigenvalue weighted by Gasteiger charge is 2.15. The van der Waals surface area contributed by atoms with Crippen molar-refractivity contribution in [2.75, 3.05) is 5.75 Å². The summed E-state index contributed by atoms with van der Waals surface area (Å²) in [4.78, 5) is 13.0. The number of hydrogen-bond acceptors (Lipinski definition) is 5. The van der Waals surface area contributed by atoms with E-state index in [4.69, 9.17) is 0 Å². The maximum absolute atomic E-state index is 13.2. The van der Waals surface area contributed by atoms with Gasteiger partial charge in [0.1, 0.15) is 5.82 Å². The minimum atomic E-state index is -0.276. The predicted molar refractivity (Wildman–Crippen MR) is 97.8 cm³/mol. The van der Waals surface area contributed by atoms with Crippen LogP contribution in [0.15, 0.2) is 65.1 Å². The number of carbonyl (C=O) groups excluding carboxylic acids is 1. The first-order valence-corrected chi connectivity index (χ1v) is 9.38. The normalized spacial score (nSPS) is 11.1. The highest BCUT2D eigenvalue weighted by molar-refractivity contribution is 7.99.